The van der Waals surface area contributed by atoms with Crippen LogP contribution in [0.3, 0.4) is 0 Å². The molecule has 0 aliphatic rings. The molecule has 0 spiro atoms. The highest BCUT2D eigenvalue weighted by Crippen LogP contribution is 2.13. The van der Waals surface area contributed by atoms with Crippen molar-refractivity contribution in [2.24, 2.45) is 13.0 Å². The van der Waals surface area contributed by atoms with Crippen LogP contribution < -0.4 is 0 Å². The predicted octanol–water partition coefficient (Wildman–Crippen LogP) is 0.252. The largest absolute Gasteiger partial charge is 0.469 e. The van der Waals surface area contributed by atoms with E-state index in [0.717, 1.165) is 0 Å². The third-order valence-electron chi connectivity index (χ3n) is 1.75. The summed E-state index contributed by atoms with van der Waals surface area (Å²) in [5.41, 5.74) is 0. The van der Waals surface area contributed by atoms with E-state index in [0.29, 0.717) is 17.3 Å². The number of methoxy groups -OCH3 is 1. The van der Waals surface area contributed by atoms with E-state index in [9.17, 15) is 4.79 Å². The molecule has 0 saturated heterocycles. The van der Waals surface area contributed by atoms with Crippen molar-refractivity contribution < 1.29 is 9.53 Å². The first-order valence-electron chi connectivity index (χ1n) is 4.52. The lowest BCUT2D eigenvalue weighted by Crippen LogP contribution is -2.14. The summed E-state index contributed by atoms with van der Waals surface area (Å²) in [6.45, 7) is 1.84. The number of hydrogen-bond acceptors (Lipinski definition) is 6. The zero-order valence-corrected chi connectivity index (χ0v) is 9.82. The second-order valence-electron chi connectivity index (χ2n) is 3.13. The van der Waals surface area contributed by atoms with Gasteiger partial charge in [-0.2, -0.15) is 16.6 Å². The standard InChI is InChI=1S/C8H14N4O2S/c1-6(8(13)14-3)4-15-5-7-9-11-12(2)10-7/h6H,4-5H2,1-3H3. The van der Waals surface area contributed by atoms with Crippen LogP contribution in [0.2, 0.25) is 0 Å². The quantitative estimate of drug-likeness (QED) is 0.675. The van der Waals surface area contributed by atoms with Crippen LogP contribution >= 0.6 is 11.8 Å². The van der Waals surface area contributed by atoms with Crippen molar-refractivity contribution in [3.05, 3.63) is 5.82 Å². The van der Waals surface area contributed by atoms with Gasteiger partial charge in [-0.05, 0) is 5.21 Å². The lowest BCUT2D eigenvalue weighted by molar-refractivity contribution is -0.143. The average molecular weight is 230 g/mol. The fourth-order valence-corrected chi connectivity index (χ4v) is 1.88. The molecule has 1 unspecified atom stereocenters. The van der Waals surface area contributed by atoms with Gasteiger partial charge in [-0.25, -0.2) is 0 Å². The molecule has 0 amide bonds. The Morgan fingerprint density at radius 1 is 1.67 bits per heavy atom. The molecule has 0 radical (unpaired) electrons. The topological polar surface area (TPSA) is 69.9 Å². The van der Waals surface area contributed by atoms with E-state index < -0.39 is 0 Å². The van der Waals surface area contributed by atoms with Gasteiger partial charge in [-0.1, -0.05) is 6.92 Å². The monoisotopic (exact) mass is 230 g/mol. The molecule has 15 heavy (non-hydrogen) atoms. The van der Waals surface area contributed by atoms with Crippen LogP contribution in [-0.2, 0) is 22.3 Å². The first kappa shape index (κ1) is 12.0. The third kappa shape index (κ3) is 3.86. The Morgan fingerprint density at radius 3 is 2.93 bits per heavy atom. The number of nitrogens with zero attached hydrogens (tertiary/aromatic N) is 4. The second kappa shape index (κ2) is 5.69. The van der Waals surface area contributed by atoms with E-state index in [1.54, 1.807) is 18.8 Å². The van der Waals surface area contributed by atoms with Crippen LogP contribution in [-0.4, -0.2) is 39.0 Å². The zero-order valence-electron chi connectivity index (χ0n) is 9.01. The van der Waals surface area contributed by atoms with E-state index in [4.69, 9.17) is 0 Å². The van der Waals surface area contributed by atoms with Crippen LogP contribution in [0.5, 0.6) is 0 Å². The van der Waals surface area contributed by atoms with Crippen molar-refractivity contribution >= 4 is 17.7 Å². The number of esters is 1. The summed E-state index contributed by atoms with van der Waals surface area (Å²) in [5.74, 6) is 1.76. The molecule has 0 saturated carbocycles. The normalized spacial score (nSPS) is 12.5. The SMILES string of the molecule is COC(=O)C(C)CSCc1nnn(C)n1. The molecule has 0 aliphatic heterocycles. The Labute approximate surface area is 92.4 Å². The number of rotatable bonds is 5. The molecule has 84 valence electrons. The molecule has 1 heterocycles. The Hall–Kier alpha value is -1.11. The maximum Gasteiger partial charge on any atom is 0.309 e. The van der Waals surface area contributed by atoms with Gasteiger partial charge in [0.15, 0.2) is 5.82 Å². The van der Waals surface area contributed by atoms with Crippen molar-refractivity contribution in [2.75, 3.05) is 12.9 Å². The molecule has 0 fully saturated rings. The first-order chi connectivity index (χ1) is 7.13. The van der Waals surface area contributed by atoms with Crippen LogP contribution in [0.15, 0.2) is 0 Å². The Bertz CT molecular complexity index is 328. The Balaban J connectivity index is 2.24. The summed E-state index contributed by atoms with van der Waals surface area (Å²) < 4.78 is 4.62. The number of carbonyl (C=O) groups is 1. The molecule has 0 N–H and O–H groups in total. The van der Waals surface area contributed by atoms with Gasteiger partial charge in [-0.15, -0.1) is 10.2 Å². The summed E-state index contributed by atoms with van der Waals surface area (Å²) in [6.07, 6.45) is 0. The number of tetrazole rings is 1. The van der Waals surface area contributed by atoms with Gasteiger partial charge in [0.1, 0.15) is 0 Å². The minimum Gasteiger partial charge on any atom is -0.469 e. The zero-order chi connectivity index (χ0) is 11.3. The Kier molecular flexibility index (Phi) is 4.54. The molecule has 0 bridgehead atoms. The average Bonchev–Trinajstić information content (AvgIpc) is 2.63. The van der Waals surface area contributed by atoms with E-state index in [2.05, 4.69) is 20.1 Å². The van der Waals surface area contributed by atoms with Gasteiger partial charge < -0.3 is 4.74 Å². The van der Waals surface area contributed by atoms with Gasteiger partial charge >= 0.3 is 5.97 Å². The molecule has 1 atom stereocenters. The molecule has 7 heteroatoms. The Morgan fingerprint density at radius 2 is 2.40 bits per heavy atom. The number of aryl methyl sites for hydroxylation is 1. The molecular formula is C8H14N4O2S. The number of ether oxygens (including phenoxy) is 1. The maximum atomic E-state index is 11.1. The smallest absolute Gasteiger partial charge is 0.309 e. The lowest BCUT2D eigenvalue weighted by atomic mass is 10.2. The fraction of sp³-hybridized carbons (Fsp3) is 0.750. The summed E-state index contributed by atoms with van der Waals surface area (Å²) in [7, 11) is 3.12. The number of carbonyl (C=O) groups excluding carboxylic acids is 1. The molecule has 1 rings (SSSR count). The van der Waals surface area contributed by atoms with Gasteiger partial charge in [0.25, 0.3) is 0 Å². The van der Waals surface area contributed by atoms with Crippen molar-refractivity contribution in [1.29, 1.82) is 0 Å². The van der Waals surface area contributed by atoms with Crippen LogP contribution in [0, 0.1) is 5.92 Å². The van der Waals surface area contributed by atoms with E-state index in [1.165, 1.54) is 11.9 Å². The van der Waals surface area contributed by atoms with E-state index in [1.807, 2.05) is 6.92 Å². The van der Waals surface area contributed by atoms with Crippen LogP contribution in [0.4, 0.5) is 0 Å². The van der Waals surface area contributed by atoms with Crippen molar-refractivity contribution in [2.45, 2.75) is 12.7 Å². The minimum absolute atomic E-state index is 0.100. The lowest BCUT2D eigenvalue weighted by Gasteiger charge is -2.06. The fourth-order valence-electron chi connectivity index (χ4n) is 0.977. The highest BCUT2D eigenvalue weighted by atomic mass is 32.2. The summed E-state index contributed by atoms with van der Waals surface area (Å²) in [4.78, 5) is 12.5. The number of hydrogen-bond donors (Lipinski definition) is 0. The van der Waals surface area contributed by atoms with Gasteiger partial charge in [0.05, 0.1) is 25.8 Å². The van der Waals surface area contributed by atoms with Crippen LogP contribution in [0.1, 0.15) is 12.7 Å². The van der Waals surface area contributed by atoms with Gasteiger partial charge in [0, 0.05) is 5.75 Å². The summed E-state index contributed by atoms with van der Waals surface area (Å²) >= 11 is 1.59. The third-order valence-corrected chi connectivity index (χ3v) is 2.95. The minimum atomic E-state index is -0.186. The maximum absolute atomic E-state index is 11.1. The number of aromatic nitrogens is 4. The molecule has 1 aromatic heterocycles. The van der Waals surface area contributed by atoms with Crippen molar-refractivity contribution in [3.63, 3.8) is 0 Å². The highest BCUT2D eigenvalue weighted by molar-refractivity contribution is 7.98. The predicted molar refractivity (Wildman–Crippen MR) is 56.1 cm³/mol. The molecule has 0 aromatic carbocycles. The van der Waals surface area contributed by atoms with Crippen LogP contribution in [0.25, 0.3) is 0 Å². The molecule has 1 aromatic rings. The second-order valence-corrected chi connectivity index (χ2v) is 4.16. The van der Waals surface area contributed by atoms with Crippen molar-refractivity contribution in [3.8, 4) is 0 Å². The first-order valence-corrected chi connectivity index (χ1v) is 5.67. The van der Waals surface area contributed by atoms with Gasteiger partial charge in [0.2, 0.25) is 0 Å². The molecule has 0 aliphatic carbocycles. The highest BCUT2D eigenvalue weighted by Gasteiger charge is 2.13. The van der Waals surface area contributed by atoms with E-state index in [-0.39, 0.29) is 11.9 Å². The van der Waals surface area contributed by atoms with Gasteiger partial charge in [-0.3, -0.25) is 4.79 Å². The van der Waals surface area contributed by atoms with E-state index >= 15 is 0 Å². The summed E-state index contributed by atoms with van der Waals surface area (Å²) in [5, 5.41) is 11.6. The molecular weight excluding hydrogens is 216 g/mol. The summed E-state index contributed by atoms with van der Waals surface area (Å²) in [6, 6.07) is 0. The van der Waals surface area contributed by atoms with Crippen molar-refractivity contribution in [1.82, 2.24) is 20.2 Å². The molecule has 6 nitrogen and oxygen atoms in total. The number of thioether (sulfide) groups is 1.